The van der Waals surface area contributed by atoms with Crippen LogP contribution in [-0.2, 0) is 16.0 Å². The molecule has 146 valence electrons. The maximum absolute atomic E-state index is 12.0. The molecule has 0 radical (unpaired) electrons. The summed E-state index contributed by atoms with van der Waals surface area (Å²) in [6.45, 7) is 9.10. The van der Waals surface area contributed by atoms with Gasteiger partial charge in [-0.25, -0.2) is 9.59 Å². The Labute approximate surface area is 167 Å². The molecule has 1 atom stereocenters. The second-order valence-electron chi connectivity index (χ2n) is 7.45. The number of carbonyl (C=O) groups excluding carboxylic acids is 1. The molecule has 0 saturated carbocycles. The predicted octanol–water partition coefficient (Wildman–Crippen LogP) is 4.38. The molecule has 2 N–H and O–H groups in total. The molecule has 0 saturated heterocycles. The van der Waals surface area contributed by atoms with Crippen molar-refractivity contribution in [3.05, 3.63) is 51.8 Å². The van der Waals surface area contributed by atoms with Crippen LogP contribution >= 0.6 is 15.9 Å². The van der Waals surface area contributed by atoms with Gasteiger partial charge >= 0.3 is 12.1 Å². The van der Waals surface area contributed by atoms with Crippen LogP contribution in [0.2, 0.25) is 0 Å². The molecule has 1 unspecified atom stereocenters. The van der Waals surface area contributed by atoms with Gasteiger partial charge in [0.2, 0.25) is 0 Å². The average Bonchev–Trinajstić information content (AvgIpc) is 2.80. The number of carboxylic acid groups (broad SMARTS) is 1. The SMILES string of the molecule is Cc1cc(CC(NC(=O)OC(C)(C)C)C(=O)O)c(C)n1-c1ccc(Br)cc1. The summed E-state index contributed by atoms with van der Waals surface area (Å²) in [5, 5.41) is 12.0. The number of rotatable bonds is 5. The maximum atomic E-state index is 12.0. The first kappa shape index (κ1) is 21.0. The zero-order valence-corrected chi connectivity index (χ0v) is 17.8. The van der Waals surface area contributed by atoms with Crippen LogP contribution in [0.15, 0.2) is 34.8 Å². The van der Waals surface area contributed by atoms with Gasteiger partial charge in [-0.3, -0.25) is 0 Å². The second kappa shape index (κ2) is 8.17. The van der Waals surface area contributed by atoms with E-state index in [2.05, 4.69) is 25.8 Å². The number of nitrogens with one attached hydrogen (secondary N) is 1. The van der Waals surface area contributed by atoms with E-state index in [4.69, 9.17) is 4.74 Å². The van der Waals surface area contributed by atoms with Crippen molar-refractivity contribution in [1.82, 2.24) is 9.88 Å². The minimum atomic E-state index is -1.10. The third-order valence-corrected chi connectivity index (χ3v) is 4.56. The highest BCUT2D eigenvalue weighted by atomic mass is 79.9. The lowest BCUT2D eigenvalue weighted by atomic mass is 10.1. The van der Waals surface area contributed by atoms with E-state index in [9.17, 15) is 14.7 Å². The number of carboxylic acids is 1. The van der Waals surface area contributed by atoms with E-state index in [-0.39, 0.29) is 6.42 Å². The number of benzene rings is 1. The molecule has 0 aliphatic heterocycles. The topological polar surface area (TPSA) is 80.6 Å². The Bertz CT molecular complexity index is 835. The van der Waals surface area contributed by atoms with E-state index in [1.54, 1.807) is 20.8 Å². The van der Waals surface area contributed by atoms with E-state index in [1.807, 2.05) is 44.2 Å². The van der Waals surface area contributed by atoms with Crippen LogP contribution in [0.5, 0.6) is 0 Å². The van der Waals surface area contributed by atoms with Crippen molar-refractivity contribution in [2.24, 2.45) is 0 Å². The minimum Gasteiger partial charge on any atom is -0.480 e. The van der Waals surface area contributed by atoms with Gasteiger partial charge in [0.1, 0.15) is 11.6 Å². The van der Waals surface area contributed by atoms with Gasteiger partial charge in [0.15, 0.2) is 0 Å². The molecule has 1 heterocycles. The predicted molar refractivity (Wildman–Crippen MR) is 107 cm³/mol. The molecule has 0 aliphatic carbocycles. The first-order valence-electron chi connectivity index (χ1n) is 8.64. The van der Waals surface area contributed by atoms with Crippen LogP contribution in [0.1, 0.15) is 37.7 Å². The molecule has 2 rings (SSSR count). The lowest BCUT2D eigenvalue weighted by Gasteiger charge is -2.22. The Hall–Kier alpha value is -2.28. The summed E-state index contributed by atoms with van der Waals surface area (Å²) in [4.78, 5) is 23.6. The lowest BCUT2D eigenvalue weighted by molar-refractivity contribution is -0.139. The molecule has 2 aromatic rings. The fourth-order valence-electron chi connectivity index (χ4n) is 2.89. The van der Waals surface area contributed by atoms with Crippen LogP contribution in [0.3, 0.4) is 0 Å². The first-order valence-corrected chi connectivity index (χ1v) is 9.43. The highest BCUT2D eigenvalue weighted by Gasteiger charge is 2.25. The second-order valence-corrected chi connectivity index (χ2v) is 8.37. The number of halogens is 1. The number of carbonyl (C=O) groups is 2. The van der Waals surface area contributed by atoms with Gasteiger partial charge < -0.3 is 19.7 Å². The van der Waals surface area contributed by atoms with Gasteiger partial charge in [-0.2, -0.15) is 0 Å². The number of aryl methyl sites for hydroxylation is 1. The fourth-order valence-corrected chi connectivity index (χ4v) is 3.16. The number of alkyl carbamates (subject to hydrolysis) is 1. The Balaban J connectivity index is 2.24. The molecule has 0 bridgehead atoms. The largest absolute Gasteiger partial charge is 0.480 e. The van der Waals surface area contributed by atoms with Crippen LogP contribution < -0.4 is 5.32 Å². The third kappa shape index (κ3) is 5.60. The molecule has 6 nitrogen and oxygen atoms in total. The summed E-state index contributed by atoms with van der Waals surface area (Å²) in [5.41, 5.74) is 3.09. The van der Waals surface area contributed by atoms with E-state index in [1.165, 1.54) is 0 Å². The molecule has 1 aromatic carbocycles. The Kier molecular flexibility index (Phi) is 6.36. The van der Waals surface area contributed by atoms with Crippen molar-refractivity contribution >= 4 is 28.0 Å². The number of nitrogens with zero attached hydrogens (tertiary/aromatic N) is 1. The van der Waals surface area contributed by atoms with Gasteiger partial charge in [0, 0.05) is 28.0 Å². The first-order chi connectivity index (χ1) is 12.5. The number of hydrogen-bond donors (Lipinski definition) is 2. The summed E-state index contributed by atoms with van der Waals surface area (Å²) < 4.78 is 8.22. The molecular formula is C20H25BrN2O4. The number of aromatic nitrogens is 1. The van der Waals surface area contributed by atoms with Crippen molar-refractivity contribution in [3.63, 3.8) is 0 Å². The van der Waals surface area contributed by atoms with Gasteiger partial charge in [0.05, 0.1) is 0 Å². The fraction of sp³-hybridized carbons (Fsp3) is 0.400. The molecule has 0 fully saturated rings. The standard InChI is InChI=1S/C20H25BrN2O4/c1-12-10-14(13(2)23(12)16-8-6-15(21)7-9-16)11-17(18(24)25)22-19(26)27-20(3,4)5/h6-10,17H,11H2,1-5H3,(H,22,26)(H,24,25). The van der Waals surface area contributed by atoms with Crippen molar-refractivity contribution in [3.8, 4) is 5.69 Å². The van der Waals surface area contributed by atoms with Gasteiger partial charge in [-0.05, 0) is 70.5 Å². The van der Waals surface area contributed by atoms with Crippen LogP contribution in [-0.4, -0.2) is 33.4 Å². The van der Waals surface area contributed by atoms with Crippen molar-refractivity contribution in [2.45, 2.75) is 52.7 Å². The van der Waals surface area contributed by atoms with E-state index in [0.29, 0.717) is 0 Å². The van der Waals surface area contributed by atoms with Crippen molar-refractivity contribution in [1.29, 1.82) is 0 Å². The number of amides is 1. The van der Waals surface area contributed by atoms with Gasteiger partial charge in [-0.1, -0.05) is 15.9 Å². The summed E-state index contributed by atoms with van der Waals surface area (Å²) >= 11 is 3.43. The van der Waals surface area contributed by atoms with Crippen LogP contribution in [0, 0.1) is 13.8 Å². The zero-order chi connectivity index (χ0) is 20.4. The Morgan fingerprint density at radius 1 is 1.22 bits per heavy atom. The highest BCUT2D eigenvalue weighted by Crippen LogP contribution is 2.23. The highest BCUT2D eigenvalue weighted by molar-refractivity contribution is 9.10. The molecule has 0 spiro atoms. The van der Waals surface area contributed by atoms with Crippen molar-refractivity contribution in [2.75, 3.05) is 0 Å². The van der Waals surface area contributed by atoms with E-state index < -0.39 is 23.7 Å². The normalized spacial score (nSPS) is 12.5. The van der Waals surface area contributed by atoms with Crippen LogP contribution in [0.25, 0.3) is 5.69 Å². The summed E-state index contributed by atoms with van der Waals surface area (Å²) in [6.07, 6.45) is -0.568. The Morgan fingerprint density at radius 2 is 1.81 bits per heavy atom. The van der Waals surface area contributed by atoms with Crippen LogP contribution in [0.4, 0.5) is 4.79 Å². The van der Waals surface area contributed by atoms with E-state index >= 15 is 0 Å². The van der Waals surface area contributed by atoms with Crippen molar-refractivity contribution < 1.29 is 19.4 Å². The molecule has 1 aromatic heterocycles. The molecule has 27 heavy (non-hydrogen) atoms. The molecule has 0 aliphatic rings. The number of hydrogen-bond acceptors (Lipinski definition) is 3. The average molecular weight is 437 g/mol. The summed E-state index contributed by atoms with van der Waals surface area (Å²) in [5.74, 6) is -1.10. The monoisotopic (exact) mass is 436 g/mol. The minimum absolute atomic E-state index is 0.171. The number of ether oxygens (including phenoxy) is 1. The number of aliphatic carboxylic acids is 1. The van der Waals surface area contributed by atoms with Gasteiger partial charge in [-0.15, -0.1) is 0 Å². The maximum Gasteiger partial charge on any atom is 0.408 e. The Morgan fingerprint density at radius 3 is 2.33 bits per heavy atom. The summed E-state index contributed by atoms with van der Waals surface area (Å²) in [7, 11) is 0. The van der Waals surface area contributed by atoms with Gasteiger partial charge in [0.25, 0.3) is 0 Å². The van der Waals surface area contributed by atoms with E-state index in [0.717, 1.165) is 27.1 Å². The lowest BCUT2D eigenvalue weighted by Crippen LogP contribution is -2.44. The third-order valence-electron chi connectivity index (χ3n) is 4.03. The molecule has 7 heteroatoms. The zero-order valence-electron chi connectivity index (χ0n) is 16.2. The molecule has 1 amide bonds. The quantitative estimate of drug-likeness (QED) is 0.728. The smallest absolute Gasteiger partial charge is 0.408 e. The molecular weight excluding hydrogens is 412 g/mol. The summed E-state index contributed by atoms with van der Waals surface area (Å²) in [6, 6.07) is 8.77.